The van der Waals surface area contributed by atoms with Crippen LogP contribution in [0.15, 0.2) is 103 Å². The largest absolute Gasteiger partial charge is 0.454 e. The van der Waals surface area contributed by atoms with Gasteiger partial charge in [-0.25, -0.2) is 4.98 Å². The lowest BCUT2D eigenvalue weighted by Crippen LogP contribution is -2.30. The molecule has 184 valence electrons. The van der Waals surface area contributed by atoms with Crippen molar-refractivity contribution >= 4 is 11.6 Å². The molecular weight excluding hydrogens is 462 g/mol. The first-order valence-electron chi connectivity index (χ1n) is 12.4. The molecule has 0 spiro atoms. The SMILES string of the molecule is Cc1cccc2ncc(C(CC(=O)NC(c3ccccc3)c3ccccc3)c3ccc4c(c3)OCO4)n12. The maximum atomic E-state index is 13.7. The Morgan fingerprint density at radius 1 is 0.865 bits per heavy atom. The summed E-state index contributed by atoms with van der Waals surface area (Å²) in [5, 5.41) is 3.30. The highest BCUT2D eigenvalue weighted by Gasteiger charge is 2.26. The minimum absolute atomic E-state index is 0.0519. The van der Waals surface area contributed by atoms with Crippen molar-refractivity contribution in [3.05, 3.63) is 131 Å². The molecular formula is C31H27N3O3. The molecule has 2 aromatic heterocycles. The van der Waals surface area contributed by atoms with E-state index in [-0.39, 0.29) is 31.1 Å². The topological polar surface area (TPSA) is 64.9 Å². The zero-order valence-corrected chi connectivity index (χ0v) is 20.5. The average Bonchev–Trinajstić information content (AvgIpc) is 3.59. The van der Waals surface area contributed by atoms with Crippen LogP contribution < -0.4 is 14.8 Å². The van der Waals surface area contributed by atoms with Crippen LogP contribution in [0.1, 0.15) is 46.5 Å². The fourth-order valence-corrected chi connectivity index (χ4v) is 5.05. The van der Waals surface area contributed by atoms with E-state index in [4.69, 9.17) is 9.47 Å². The van der Waals surface area contributed by atoms with E-state index in [0.717, 1.165) is 39.5 Å². The Bertz CT molecular complexity index is 1510. The number of aryl methyl sites for hydroxylation is 1. The van der Waals surface area contributed by atoms with Gasteiger partial charge in [-0.1, -0.05) is 72.8 Å². The fraction of sp³-hybridized carbons (Fsp3) is 0.161. The van der Waals surface area contributed by atoms with E-state index in [1.165, 1.54) is 0 Å². The van der Waals surface area contributed by atoms with Gasteiger partial charge in [0.05, 0.1) is 11.7 Å². The standard InChI is InChI=1S/C31H27N3O3/c1-21-9-8-14-29-32-19-26(34(21)29)25(24-15-16-27-28(17-24)37-20-36-27)18-30(35)33-31(22-10-4-2-5-11-22)23-12-6-3-7-13-23/h2-17,19,25,31H,18,20H2,1H3,(H,33,35). The van der Waals surface area contributed by atoms with Crippen molar-refractivity contribution < 1.29 is 14.3 Å². The van der Waals surface area contributed by atoms with Gasteiger partial charge in [-0.3, -0.25) is 4.79 Å². The first-order chi connectivity index (χ1) is 18.2. The monoisotopic (exact) mass is 489 g/mol. The van der Waals surface area contributed by atoms with Crippen molar-refractivity contribution in [2.75, 3.05) is 6.79 Å². The third-order valence-corrected chi connectivity index (χ3v) is 6.87. The van der Waals surface area contributed by atoms with E-state index < -0.39 is 0 Å². The molecule has 0 bridgehead atoms. The van der Waals surface area contributed by atoms with Gasteiger partial charge in [0.15, 0.2) is 11.5 Å². The highest BCUT2D eigenvalue weighted by Crippen LogP contribution is 2.38. The molecule has 6 nitrogen and oxygen atoms in total. The third kappa shape index (κ3) is 4.54. The average molecular weight is 490 g/mol. The number of pyridine rings is 1. The highest BCUT2D eigenvalue weighted by atomic mass is 16.7. The molecule has 1 amide bonds. The van der Waals surface area contributed by atoms with E-state index >= 15 is 0 Å². The fourth-order valence-electron chi connectivity index (χ4n) is 5.05. The molecule has 1 atom stereocenters. The number of aromatic nitrogens is 2. The zero-order chi connectivity index (χ0) is 25.2. The molecule has 6 rings (SSSR count). The Morgan fingerprint density at radius 2 is 1.57 bits per heavy atom. The van der Waals surface area contributed by atoms with Gasteiger partial charge in [-0.2, -0.15) is 0 Å². The number of nitrogens with one attached hydrogen (secondary N) is 1. The maximum absolute atomic E-state index is 13.7. The predicted octanol–water partition coefficient (Wildman–Crippen LogP) is 5.80. The lowest BCUT2D eigenvalue weighted by molar-refractivity contribution is -0.121. The van der Waals surface area contributed by atoms with Gasteiger partial charge in [0.25, 0.3) is 0 Å². The van der Waals surface area contributed by atoms with Crippen LogP contribution in [0.25, 0.3) is 5.65 Å². The number of imidazole rings is 1. The third-order valence-electron chi connectivity index (χ3n) is 6.87. The predicted molar refractivity (Wildman–Crippen MR) is 142 cm³/mol. The summed E-state index contributed by atoms with van der Waals surface area (Å²) in [6, 6.07) is 31.8. The van der Waals surface area contributed by atoms with Crippen molar-refractivity contribution in [1.82, 2.24) is 14.7 Å². The normalized spacial score (nSPS) is 13.1. The van der Waals surface area contributed by atoms with Crippen LogP contribution in [0.5, 0.6) is 11.5 Å². The number of carbonyl (C=O) groups is 1. The summed E-state index contributed by atoms with van der Waals surface area (Å²) in [5.41, 5.74) is 5.91. The van der Waals surface area contributed by atoms with Crippen LogP contribution in [0.2, 0.25) is 0 Å². The Labute approximate surface area is 215 Å². The van der Waals surface area contributed by atoms with E-state index in [2.05, 4.69) is 27.7 Å². The minimum atomic E-state index is -0.253. The molecule has 0 saturated heterocycles. The van der Waals surface area contributed by atoms with Gasteiger partial charge in [0.1, 0.15) is 5.65 Å². The number of hydrogen-bond acceptors (Lipinski definition) is 4. The molecule has 1 aliphatic heterocycles. The van der Waals surface area contributed by atoms with Crippen LogP contribution in [-0.4, -0.2) is 22.1 Å². The lowest BCUT2D eigenvalue weighted by atomic mass is 9.91. The van der Waals surface area contributed by atoms with Crippen molar-refractivity contribution in [3.8, 4) is 11.5 Å². The van der Waals surface area contributed by atoms with Crippen LogP contribution >= 0.6 is 0 Å². The molecule has 1 N–H and O–H groups in total. The van der Waals surface area contributed by atoms with Gasteiger partial charge >= 0.3 is 0 Å². The summed E-state index contributed by atoms with van der Waals surface area (Å²) < 4.78 is 13.3. The van der Waals surface area contributed by atoms with Crippen LogP contribution in [0, 0.1) is 6.92 Å². The number of rotatable bonds is 7. The molecule has 37 heavy (non-hydrogen) atoms. The first-order valence-corrected chi connectivity index (χ1v) is 12.4. The second-order valence-electron chi connectivity index (χ2n) is 9.24. The van der Waals surface area contributed by atoms with Crippen molar-refractivity contribution in [2.24, 2.45) is 0 Å². The smallest absolute Gasteiger partial charge is 0.231 e. The summed E-state index contributed by atoms with van der Waals surface area (Å²) in [6.07, 6.45) is 2.12. The Balaban J connectivity index is 1.37. The summed E-state index contributed by atoms with van der Waals surface area (Å²) >= 11 is 0. The Morgan fingerprint density at radius 3 is 2.30 bits per heavy atom. The van der Waals surface area contributed by atoms with E-state index in [9.17, 15) is 4.79 Å². The zero-order valence-electron chi connectivity index (χ0n) is 20.5. The molecule has 3 aromatic carbocycles. The second kappa shape index (κ2) is 9.82. The van der Waals surface area contributed by atoms with Crippen molar-refractivity contribution in [1.29, 1.82) is 0 Å². The van der Waals surface area contributed by atoms with E-state index in [1.807, 2.05) is 97.2 Å². The summed E-state index contributed by atoms with van der Waals surface area (Å²) in [6.45, 7) is 2.25. The minimum Gasteiger partial charge on any atom is -0.454 e. The highest BCUT2D eigenvalue weighted by molar-refractivity contribution is 5.78. The van der Waals surface area contributed by atoms with Crippen LogP contribution in [0.4, 0.5) is 0 Å². The first kappa shape index (κ1) is 22.9. The van der Waals surface area contributed by atoms with Crippen LogP contribution in [0.3, 0.4) is 0 Å². The molecule has 0 saturated carbocycles. The van der Waals surface area contributed by atoms with Gasteiger partial charge in [0.2, 0.25) is 12.7 Å². The number of nitrogens with zero attached hydrogens (tertiary/aromatic N) is 2. The van der Waals surface area contributed by atoms with E-state index in [1.54, 1.807) is 0 Å². The van der Waals surface area contributed by atoms with Gasteiger partial charge in [0, 0.05) is 24.2 Å². The number of hydrogen-bond donors (Lipinski definition) is 1. The summed E-state index contributed by atoms with van der Waals surface area (Å²) in [7, 11) is 0. The molecule has 0 radical (unpaired) electrons. The number of ether oxygens (including phenoxy) is 2. The maximum Gasteiger partial charge on any atom is 0.231 e. The second-order valence-corrected chi connectivity index (χ2v) is 9.24. The van der Waals surface area contributed by atoms with Crippen molar-refractivity contribution in [3.63, 3.8) is 0 Å². The van der Waals surface area contributed by atoms with E-state index in [0.29, 0.717) is 5.75 Å². The van der Waals surface area contributed by atoms with Gasteiger partial charge < -0.3 is 19.2 Å². The number of benzene rings is 3. The van der Waals surface area contributed by atoms with Gasteiger partial charge in [-0.15, -0.1) is 0 Å². The summed E-state index contributed by atoms with van der Waals surface area (Å²) in [5.74, 6) is 1.12. The molecule has 0 fully saturated rings. The summed E-state index contributed by atoms with van der Waals surface area (Å²) in [4.78, 5) is 18.4. The van der Waals surface area contributed by atoms with Crippen LogP contribution in [-0.2, 0) is 4.79 Å². The van der Waals surface area contributed by atoms with Crippen molar-refractivity contribution in [2.45, 2.75) is 25.3 Å². The quantitative estimate of drug-likeness (QED) is 0.314. The molecule has 0 aliphatic carbocycles. The molecule has 1 aliphatic rings. The molecule has 1 unspecified atom stereocenters. The lowest BCUT2D eigenvalue weighted by Gasteiger charge is -2.23. The Kier molecular flexibility index (Phi) is 6.06. The Hall–Kier alpha value is -4.58. The number of fused-ring (bicyclic) bond motifs is 2. The molecule has 5 aromatic rings. The number of amides is 1. The number of carbonyl (C=O) groups excluding carboxylic acids is 1. The molecule has 3 heterocycles. The molecule has 6 heteroatoms. The van der Waals surface area contributed by atoms with Gasteiger partial charge in [-0.05, 0) is 47.9 Å².